The zero-order valence-electron chi connectivity index (χ0n) is 23.1. The van der Waals surface area contributed by atoms with Crippen LogP contribution in [0.1, 0.15) is 11.1 Å². The number of phenolic OH excluding ortho intramolecular Hbond substituents is 2. The van der Waals surface area contributed by atoms with Crippen molar-refractivity contribution in [2.45, 2.75) is 13.8 Å². The van der Waals surface area contributed by atoms with Crippen molar-refractivity contribution in [3.05, 3.63) is 120 Å². The van der Waals surface area contributed by atoms with E-state index in [9.17, 15) is 10.2 Å². The van der Waals surface area contributed by atoms with Gasteiger partial charge < -0.3 is 19.7 Å². The van der Waals surface area contributed by atoms with Crippen LogP contribution in [-0.4, -0.2) is 24.4 Å². The number of hydrogen-bond donors (Lipinski definition) is 2. The Morgan fingerprint density at radius 3 is 1.52 bits per heavy atom. The van der Waals surface area contributed by atoms with Gasteiger partial charge in [-0.05, 0) is 117 Å². The Bertz CT molecular complexity index is 1790. The summed E-state index contributed by atoms with van der Waals surface area (Å²) in [6.07, 6.45) is 0. The highest BCUT2D eigenvalue weighted by Crippen LogP contribution is 2.32. The first kappa shape index (κ1) is 26.6. The van der Waals surface area contributed by atoms with Crippen molar-refractivity contribution >= 4 is 21.5 Å². The van der Waals surface area contributed by atoms with E-state index in [4.69, 9.17) is 9.47 Å². The average Bonchev–Trinajstić information content (AvgIpc) is 3.00. The number of aryl methyl sites for hydroxylation is 2. The minimum absolute atomic E-state index is 0.269. The van der Waals surface area contributed by atoms with Crippen LogP contribution in [0.25, 0.3) is 43.8 Å². The molecule has 0 fully saturated rings. The number of phenols is 2. The first-order valence-electron chi connectivity index (χ1n) is 13.1. The lowest BCUT2D eigenvalue weighted by Gasteiger charge is -2.10. The molecule has 0 aromatic heterocycles. The van der Waals surface area contributed by atoms with Crippen LogP contribution in [0.4, 0.5) is 0 Å². The molecule has 0 atom stereocenters. The van der Waals surface area contributed by atoms with Gasteiger partial charge in [0.2, 0.25) is 0 Å². The lowest BCUT2D eigenvalue weighted by atomic mass is 9.98. The molecule has 0 aliphatic heterocycles. The van der Waals surface area contributed by atoms with Crippen LogP contribution >= 0.6 is 0 Å². The van der Waals surface area contributed by atoms with Gasteiger partial charge in [0.1, 0.15) is 23.0 Å². The van der Waals surface area contributed by atoms with Crippen molar-refractivity contribution in [3.8, 4) is 45.3 Å². The monoisotopic (exact) mass is 528 g/mol. The lowest BCUT2D eigenvalue weighted by molar-refractivity contribution is 0.412. The van der Waals surface area contributed by atoms with Crippen molar-refractivity contribution in [1.29, 1.82) is 0 Å². The molecule has 0 aliphatic carbocycles. The number of rotatable bonds is 4. The molecule has 0 spiro atoms. The van der Waals surface area contributed by atoms with Crippen LogP contribution < -0.4 is 9.47 Å². The molecule has 2 N–H and O–H groups in total. The van der Waals surface area contributed by atoms with Gasteiger partial charge in [-0.25, -0.2) is 0 Å². The Balaban J connectivity index is 0.000000162. The minimum atomic E-state index is 0.269. The maximum absolute atomic E-state index is 9.71. The largest absolute Gasteiger partial charge is 0.508 e. The number of ether oxygens (including phenoxy) is 2. The molecule has 4 nitrogen and oxygen atoms in total. The summed E-state index contributed by atoms with van der Waals surface area (Å²) in [6.45, 7) is 4.01. The van der Waals surface area contributed by atoms with Crippen molar-refractivity contribution < 1.29 is 19.7 Å². The Hall–Kier alpha value is -4.96. The van der Waals surface area contributed by atoms with Gasteiger partial charge >= 0.3 is 0 Å². The van der Waals surface area contributed by atoms with Crippen LogP contribution in [0, 0.1) is 13.8 Å². The fourth-order valence-corrected chi connectivity index (χ4v) is 4.96. The summed E-state index contributed by atoms with van der Waals surface area (Å²) in [4.78, 5) is 0. The molecule has 0 amide bonds. The Morgan fingerprint density at radius 1 is 0.475 bits per heavy atom. The Labute approximate surface area is 234 Å². The summed E-state index contributed by atoms with van der Waals surface area (Å²) >= 11 is 0. The lowest BCUT2D eigenvalue weighted by Crippen LogP contribution is -1.89. The van der Waals surface area contributed by atoms with Crippen LogP contribution in [0.3, 0.4) is 0 Å². The van der Waals surface area contributed by atoms with Crippen LogP contribution in [-0.2, 0) is 0 Å². The van der Waals surface area contributed by atoms with Gasteiger partial charge in [-0.1, -0.05) is 60.7 Å². The average molecular weight is 529 g/mol. The summed E-state index contributed by atoms with van der Waals surface area (Å²) in [5, 5.41) is 23.6. The van der Waals surface area contributed by atoms with E-state index in [1.54, 1.807) is 32.4 Å². The van der Waals surface area contributed by atoms with Crippen molar-refractivity contribution in [1.82, 2.24) is 0 Å². The summed E-state index contributed by atoms with van der Waals surface area (Å²) in [5.74, 6) is 2.40. The molecule has 0 heterocycles. The molecule has 0 bridgehead atoms. The molecule has 0 saturated heterocycles. The molecular weight excluding hydrogens is 496 g/mol. The van der Waals surface area contributed by atoms with Gasteiger partial charge in [-0.3, -0.25) is 0 Å². The number of hydrogen-bond acceptors (Lipinski definition) is 4. The van der Waals surface area contributed by atoms with E-state index in [2.05, 4.69) is 49.4 Å². The highest BCUT2D eigenvalue weighted by atomic mass is 16.5. The maximum Gasteiger partial charge on any atom is 0.122 e. The van der Waals surface area contributed by atoms with E-state index < -0.39 is 0 Å². The van der Waals surface area contributed by atoms with E-state index in [-0.39, 0.29) is 5.75 Å². The molecule has 0 saturated carbocycles. The predicted molar refractivity (Wildman–Crippen MR) is 165 cm³/mol. The second kappa shape index (κ2) is 11.4. The molecule has 40 heavy (non-hydrogen) atoms. The third kappa shape index (κ3) is 5.43. The predicted octanol–water partition coefficient (Wildman–Crippen LogP) is 9.06. The van der Waals surface area contributed by atoms with Gasteiger partial charge in [0.05, 0.1) is 14.2 Å². The number of aromatic hydroxyl groups is 2. The molecule has 4 heteroatoms. The first-order chi connectivity index (χ1) is 19.4. The summed E-state index contributed by atoms with van der Waals surface area (Å²) in [7, 11) is 3.39. The zero-order valence-corrected chi connectivity index (χ0v) is 23.1. The molecule has 0 aliphatic rings. The summed E-state index contributed by atoms with van der Waals surface area (Å²) < 4.78 is 10.6. The fourth-order valence-electron chi connectivity index (χ4n) is 4.96. The van der Waals surface area contributed by atoms with Gasteiger partial charge in [0.15, 0.2) is 0 Å². The first-order valence-corrected chi connectivity index (χ1v) is 13.1. The van der Waals surface area contributed by atoms with Gasteiger partial charge in [-0.15, -0.1) is 0 Å². The SMILES string of the molecule is COc1ccc(-c2ccc3c(C)c(OC)ccc3c2)cc1.Cc1c(O)ccc2cc(-c3ccc(O)cc3)ccc12. The standard InChI is InChI=1S/C19H18O2.C17H14O2/c1-13-18-10-6-15(12-16(18)7-11-19(13)21-3)14-4-8-17(20-2)9-5-14;1-11-16-8-4-13(10-14(16)5-9-17(11)19)12-2-6-15(18)7-3-12/h4-12H,1-3H3;2-10,18-19H,1H3. The molecular formula is C36H32O4. The second-order valence-corrected chi connectivity index (χ2v) is 9.75. The minimum Gasteiger partial charge on any atom is -0.508 e. The van der Waals surface area contributed by atoms with Crippen molar-refractivity contribution in [2.24, 2.45) is 0 Å². The normalized spacial score (nSPS) is 10.7. The fraction of sp³-hybridized carbons (Fsp3) is 0.111. The van der Waals surface area contributed by atoms with E-state index in [1.807, 2.05) is 55.5 Å². The highest BCUT2D eigenvalue weighted by molar-refractivity contribution is 5.92. The topological polar surface area (TPSA) is 58.9 Å². The Morgan fingerprint density at radius 2 is 0.975 bits per heavy atom. The third-order valence-electron chi connectivity index (χ3n) is 7.34. The molecule has 6 aromatic carbocycles. The molecule has 0 radical (unpaired) electrons. The summed E-state index contributed by atoms with van der Waals surface area (Å²) in [5.41, 5.74) is 6.62. The van der Waals surface area contributed by atoms with E-state index in [1.165, 1.54) is 27.5 Å². The van der Waals surface area contributed by atoms with E-state index in [0.29, 0.717) is 5.75 Å². The number of methoxy groups -OCH3 is 2. The summed E-state index contributed by atoms with van der Waals surface area (Å²) in [6, 6.07) is 35.7. The van der Waals surface area contributed by atoms with E-state index >= 15 is 0 Å². The van der Waals surface area contributed by atoms with Crippen molar-refractivity contribution in [2.75, 3.05) is 14.2 Å². The zero-order chi connectivity index (χ0) is 28.2. The molecule has 0 unspecified atom stereocenters. The van der Waals surface area contributed by atoms with Gasteiger partial charge in [-0.2, -0.15) is 0 Å². The second-order valence-electron chi connectivity index (χ2n) is 9.75. The van der Waals surface area contributed by atoms with Crippen LogP contribution in [0.5, 0.6) is 23.0 Å². The smallest absolute Gasteiger partial charge is 0.122 e. The highest BCUT2D eigenvalue weighted by Gasteiger charge is 2.07. The third-order valence-corrected chi connectivity index (χ3v) is 7.34. The van der Waals surface area contributed by atoms with Gasteiger partial charge in [0, 0.05) is 0 Å². The van der Waals surface area contributed by atoms with Crippen LogP contribution in [0.2, 0.25) is 0 Å². The maximum atomic E-state index is 9.71. The molecule has 6 rings (SSSR count). The Kier molecular flexibility index (Phi) is 7.61. The van der Waals surface area contributed by atoms with Gasteiger partial charge in [0.25, 0.3) is 0 Å². The van der Waals surface area contributed by atoms with Crippen LogP contribution in [0.15, 0.2) is 109 Å². The quantitative estimate of drug-likeness (QED) is 0.240. The van der Waals surface area contributed by atoms with E-state index in [0.717, 1.165) is 39.0 Å². The molecule has 200 valence electrons. The number of benzene rings is 6. The number of fused-ring (bicyclic) bond motifs is 2. The molecule has 6 aromatic rings. The van der Waals surface area contributed by atoms with Crippen molar-refractivity contribution in [3.63, 3.8) is 0 Å².